The van der Waals surface area contributed by atoms with Crippen molar-refractivity contribution >= 4 is 11.9 Å². The van der Waals surface area contributed by atoms with E-state index in [1.54, 1.807) is 0 Å². The molecule has 1 atom stereocenters. The lowest BCUT2D eigenvalue weighted by Gasteiger charge is -2.20. The molecular weight excluding hydrogens is 230 g/mol. The second kappa shape index (κ2) is 6.79. The van der Waals surface area contributed by atoms with Gasteiger partial charge in [0, 0.05) is 6.04 Å². The first-order chi connectivity index (χ1) is 8.49. The molecule has 18 heavy (non-hydrogen) atoms. The van der Waals surface area contributed by atoms with E-state index in [0.717, 1.165) is 5.56 Å². The minimum atomic E-state index is -0.895. The van der Waals surface area contributed by atoms with Gasteiger partial charge in [-0.15, -0.1) is 0 Å². The topological polar surface area (TPSA) is 66.4 Å². The molecule has 98 valence electrons. The maximum Gasteiger partial charge on any atom is 0.305 e. The molecular formula is C14H19NO3. The van der Waals surface area contributed by atoms with Crippen molar-refractivity contribution in [3.8, 4) is 0 Å². The van der Waals surface area contributed by atoms with Crippen molar-refractivity contribution < 1.29 is 14.7 Å². The Bertz CT molecular complexity index is 401. The van der Waals surface area contributed by atoms with Crippen LogP contribution in [0.15, 0.2) is 30.3 Å². The average molecular weight is 249 g/mol. The molecule has 1 aromatic rings. The highest BCUT2D eigenvalue weighted by Gasteiger charge is 2.19. The summed E-state index contributed by atoms with van der Waals surface area (Å²) in [6.07, 6.45) is 0.238. The number of hydrogen-bond donors (Lipinski definition) is 2. The molecule has 0 saturated carbocycles. The molecule has 0 saturated heterocycles. The fourth-order valence-electron chi connectivity index (χ4n) is 1.68. The van der Waals surface area contributed by atoms with E-state index in [1.807, 2.05) is 44.2 Å². The summed E-state index contributed by atoms with van der Waals surface area (Å²) in [6.45, 7) is 3.80. The summed E-state index contributed by atoms with van der Waals surface area (Å²) in [6, 6.07) is 9.07. The van der Waals surface area contributed by atoms with Crippen LogP contribution in [0.3, 0.4) is 0 Å². The average Bonchev–Trinajstić information content (AvgIpc) is 2.28. The number of amides is 1. The van der Waals surface area contributed by atoms with Crippen LogP contribution < -0.4 is 5.32 Å². The van der Waals surface area contributed by atoms with E-state index in [-0.39, 0.29) is 30.7 Å². The monoisotopic (exact) mass is 249 g/mol. The van der Waals surface area contributed by atoms with Gasteiger partial charge in [-0.05, 0) is 11.5 Å². The summed E-state index contributed by atoms with van der Waals surface area (Å²) < 4.78 is 0. The van der Waals surface area contributed by atoms with Gasteiger partial charge in [0.1, 0.15) is 0 Å². The molecule has 0 heterocycles. The predicted octanol–water partition coefficient (Wildman–Crippen LogP) is 1.84. The molecule has 0 aliphatic heterocycles. The van der Waals surface area contributed by atoms with Gasteiger partial charge in [-0.3, -0.25) is 9.59 Å². The first-order valence-electron chi connectivity index (χ1n) is 6.04. The molecule has 0 radical (unpaired) electrons. The zero-order valence-corrected chi connectivity index (χ0v) is 10.7. The van der Waals surface area contributed by atoms with Crippen LogP contribution in [0.25, 0.3) is 0 Å². The lowest BCUT2D eigenvalue weighted by molar-refractivity contribution is -0.138. The van der Waals surface area contributed by atoms with Gasteiger partial charge in [0.15, 0.2) is 0 Å². The first kappa shape index (κ1) is 14.2. The molecule has 1 aromatic carbocycles. The molecule has 1 amide bonds. The van der Waals surface area contributed by atoms with E-state index in [1.165, 1.54) is 0 Å². The van der Waals surface area contributed by atoms with Crippen LogP contribution in [0.5, 0.6) is 0 Å². The van der Waals surface area contributed by atoms with Crippen molar-refractivity contribution in [3.63, 3.8) is 0 Å². The van der Waals surface area contributed by atoms with Gasteiger partial charge in [-0.25, -0.2) is 0 Å². The van der Waals surface area contributed by atoms with E-state index in [0.29, 0.717) is 0 Å². The van der Waals surface area contributed by atoms with E-state index in [9.17, 15) is 9.59 Å². The normalized spacial score (nSPS) is 12.2. The number of carbonyl (C=O) groups is 2. The summed E-state index contributed by atoms with van der Waals surface area (Å²) in [7, 11) is 0. The van der Waals surface area contributed by atoms with E-state index < -0.39 is 5.97 Å². The molecule has 2 N–H and O–H groups in total. The zero-order valence-electron chi connectivity index (χ0n) is 10.7. The Hall–Kier alpha value is -1.84. The summed E-state index contributed by atoms with van der Waals surface area (Å²) in [5.41, 5.74) is 0.924. The van der Waals surface area contributed by atoms with Crippen LogP contribution >= 0.6 is 0 Å². The second-order valence-electron chi connectivity index (χ2n) is 4.68. The van der Waals surface area contributed by atoms with Crippen molar-refractivity contribution in [1.82, 2.24) is 5.32 Å². The third-order valence-electron chi connectivity index (χ3n) is 2.75. The van der Waals surface area contributed by atoms with Crippen LogP contribution in [0, 0.1) is 5.92 Å². The maximum absolute atomic E-state index is 11.8. The van der Waals surface area contributed by atoms with Gasteiger partial charge in [0.25, 0.3) is 0 Å². The summed E-state index contributed by atoms with van der Waals surface area (Å²) in [5, 5.41) is 11.6. The lowest BCUT2D eigenvalue weighted by atomic mass is 10.0. The van der Waals surface area contributed by atoms with Crippen molar-refractivity contribution in [1.29, 1.82) is 0 Å². The highest BCUT2D eigenvalue weighted by molar-refractivity contribution is 5.79. The molecule has 0 aliphatic rings. The Kier molecular flexibility index (Phi) is 5.36. The number of carboxylic acids is 1. The number of rotatable bonds is 6. The number of carboxylic acid groups (broad SMARTS) is 1. The van der Waals surface area contributed by atoms with Crippen molar-refractivity contribution in [3.05, 3.63) is 35.9 Å². The first-order valence-corrected chi connectivity index (χ1v) is 6.04. The highest BCUT2D eigenvalue weighted by atomic mass is 16.4. The number of nitrogens with one attached hydrogen (secondary N) is 1. The number of hydrogen-bond acceptors (Lipinski definition) is 2. The van der Waals surface area contributed by atoms with E-state index in [2.05, 4.69) is 5.32 Å². The molecule has 4 nitrogen and oxygen atoms in total. The van der Waals surface area contributed by atoms with Crippen LogP contribution in [0.2, 0.25) is 0 Å². The smallest absolute Gasteiger partial charge is 0.305 e. The number of aliphatic carboxylic acids is 1. The molecule has 0 aliphatic carbocycles. The summed E-state index contributed by atoms with van der Waals surface area (Å²) in [4.78, 5) is 22.5. The molecule has 1 rings (SSSR count). The van der Waals surface area contributed by atoms with Crippen LogP contribution in [0.1, 0.15) is 25.8 Å². The SMILES string of the molecule is CC(C)C(CC(=O)O)NC(=O)Cc1ccccc1. The molecule has 1 unspecified atom stereocenters. The Morgan fingerprint density at radius 2 is 1.83 bits per heavy atom. The fourth-order valence-corrected chi connectivity index (χ4v) is 1.68. The van der Waals surface area contributed by atoms with Crippen LogP contribution in [-0.2, 0) is 16.0 Å². The van der Waals surface area contributed by atoms with Gasteiger partial charge < -0.3 is 10.4 Å². The van der Waals surface area contributed by atoms with E-state index in [4.69, 9.17) is 5.11 Å². The van der Waals surface area contributed by atoms with Crippen molar-refractivity contribution in [2.24, 2.45) is 5.92 Å². The van der Waals surface area contributed by atoms with Gasteiger partial charge in [-0.1, -0.05) is 44.2 Å². The third-order valence-corrected chi connectivity index (χ3v) is 2.75. The van der Waals surface area contributed by atoms with Gasteiger partial charge in [0.05, 0.1) is 12.8 Å². The zero-order chi connectivity index (χ0) is 13.5. The lowest BCUT2D eigenvalue weighted by Crippen LogP contribution is -2.40. The van der Waals surface area contributed by atoms with Crippen molar-refractivity contribution in [2.75, 3.05) is 0 Å². The van der Waals surface area contributed by atoms with Crippen LogP contribution in [-0.4, -0.2) is 23.0 Å². The Morgan fingerprint density at radius 1 is 1.22 bits per heavy atom. The standard InChI is InChI=1S/C14H19NO3/c1-10(2)12(9-14(17)18)15-13(16)8-11-6-4-3-5-7-11/h3-7,10,12H,8-9H2,1-2H3,(H,15,16)(H,17,18). The van der Waals surface area contributed by atoms with Crippen molar-refractivity contribution in [2.45, 2.75) is 32.7 Å². The maximum atomic E-state index is 11.8. The number of benzene rings is 1. The summed E-state index contributed by atoms with van der Waals surface area (Å²) >= 11 is 0. The molecule has 0 spiro atoms. The minimum absolute atomic E-state index is 0.0435. The second-order valence-corrected chi connectivity index (χ2v) is 4.68. The van der Waals surface area contributed by atoms with Gasteiger partial charge in [-0.2, -0.15) is 0 Å². The molecule has 0 bridgehead atoms. The minimum Gasteiger partial charge on any atom is -0.481 e. The predicted molar refractivity (Wildman–Crippen MR) is 69.2 cm³/mol. The number of carbonyl (C=O) groups excluding carboxylic acids is 1. The molecule has 0 aromatic heterocycles. The van der Waals surface area contributed by atoms with E-state index >= 15 is 0 Å². The van der Waals surface area contributed by atoms with Crippen LogP contribution in [0.4, 0.5) is 0 Å². The van der Waals surface area contributed by atoms with Gasteiger partial charge in [0.2, 0.25) is 5.91 Å². The van der Waals surface area contributed by atoms with Gasteiger partial charge >= 0.3 is 5.97 Å². The largest absolute Gasteiger partial charge is 0.481 e. The quantitative estimate of drug-likeness (QED) is 0.808. The molecule has 4 heteroatoms. The Morgan fingerprint density at radius 3 is 2.33 bits per heavy atom. The fraction of sp³-hybridized carbons (Fsp3) is 0.429. The third kappa shape index (κ3) is 4.99. The Labute approximate surface area is 107 Å². The Balaban J connectivity index is 2.54. The molecule has 0 fully saturated rings. The highest BCUT2D eigenvalue weighted by Crippen LogP contribution is 2.07. The summed E-state index contributed by atoms with van der Waals surface area (Å²) in [5.74, 6) is -0.935.